The fourth-order valence-electron chi connectivity index (χ4n) is 4.51. The number of fused-ring (bicyclic) bond motifs is 3. The highest BCUT2D eigenvalue weighted by molar-refractivity contribution is 5.85. The van der Waals surface area contributed by atoms with E-state index in [1.165, 1.54) is 27.7 Å². The van der Waals surface area contributed by atoms with Gasteiger partial charge in [0.25, 0.3) is 0 Å². The zero-order valence-electron chi connectivity index (χ0n) is 16.3. The van der Waals surface area contributed by atoms with Gasteiger partial charge in [-0.15, -0.1) is 0 Å². The van der Waals surface area contributed by atoms with Gasteiger partial charge in [0.15, 0.2) is 0 Å². The summed E-state index contributed by atoms with van der Waals surface area (Å²) in [5.74, 6) is 0.962. The number of hydrogen-bond acceptors (Lipinski definition) is 3. The zero-order valence-corrected chi connectivity index (χ0v) is 16.3. The minimum absolute atomic E-state index is 0.0550. The molecule has 0 radical (unpaired) electrons. The summed E-state index contributed by atoms with van der Waals surface area (Å²) >= 11 is 0. The van der Waals surface area contributed by atoms with Crippen molar-refractivity contribution in [3.05, 3.63) is 108 Å². The van der Waals surface area contributed by atoms with Crippen LogP contribution in [0.5, 0.6) is 0 Å². The van der Waals surface area contributed by atoms with E-state index in [4.69, 9.17) is 4.98 Å². The molecule has 2 atom stereocenters. The number of H-pyrrole nitrogens is 2. The monoisotopic (exact) mass is 391 g/mol. The van der Waals surface area contributed by atoms with Crippen LogP contribution in [0.15, 0.2) is 85.3 Å². The maximum atomic E-state index is 4.74. The predicted molar refractivity (Wildman–Crippen MR) is 118 cm³/mol. The van der Waals surface area contributed by atoms with Crippen LogP contribution in [0, 0.1) is 0 Å². The van der Waals surface area contributed by atoms with Gasteiger partial charge in [0.1, 0.15) is 5.82 Å². The second-order valence-electron chi connectivity index (χ2n) is 7.75. The Morgan fingerprint density at radius 3 is 2.50 bits per heavy atom. The molecule has 0 saturated carbocycles. The number of rotatable bonds is 3. The number of nitrogens with zero attached hydrogens (tertiary/aromatic N) is 2. The van der Waals surface area contributed by atoms with E-state index in [0.717, 1.165) is 23.5 Å². The fraction of sp³-hybridized carbons (Fsp3) is 0.120. The van der Waals surface area contributed by atoms with Crippen molar-refractivity contribution in [3.63, 3.8) is 0 Å². The number of benzene rings is 2. The van der Waals surface area contributed by atoms with Crippen LogP contribution >= 0.6 is 0 Å². The molecular weight excluding hydrogens is 370 g/mol. The molecule has 0 aliphatic carbocycles. The molecule has 3 N–H and O–H groups in total. The van der Waals surface area contributed by atoms with E-state index in [2.05, 4.69) is 68.8 Å². The smallest absolute Gasteiger partial charge is 0.124 e. The quantitative estimate of drug-likeness (QED) is 0.408. The lowest BCUT2D eigenvalue weighted by molar-refractivity contribution is 0.433. The van der Waals surface area contributed by atoms with Crippen LogP contribution in [0.1, 0.15) is 34.7 Å². The van der Waals surface area contributed by atoms with E-state index < -0.39 is 0 Å². The Bertz CT molecular complexity index is 1300. The summed E-state index contributed by atoms with van der Waals surface area (Å²) in [4.78, 5) is 16.1. The molecule has 2 aromatic carbocycles. The van der Waals surface area contributed by atoms with E-state index in [1.807, 2.05) is 36.8 Å². The molecule has 146 valence electrons. The van der Waals surface area contributed by atoms with Gasteiger partial charge in [-0.3, -0.25) is 10.3 Å². The third-order valence-electron chi connectivity index (χ3n) is 5.96. The lowest BCUT2D eigenvalue weighted by atomic mass is 9.90. The van der Waals surface area contributed by atoms with Crippen molar-refractivity contribution in [3.8, 4) is 11.3 Å². The SMILES string of the molecule is c1ccc(-c2cnc([C@H]3Cc4c([nH]c5ccccc45)C(c4ccncc4)N3)[nH]2)cc1. The third kappa shape index (κ3) is 2.83. The first kappa shape index (κ1) is 17.2. The topological polar surface area (TPSA) is 69.4 Å². The first-order chi connectivity index (χ1) is 14.9. The van der Waals surface area contributed by atoms with Crippen LogP contribution in [0.3, 0.4) is 0 Å². The van der Waals surface area contributed by atoms with Crippen molar-refractivity contribution in [2.45, 2.75) is 18.5 Å². The number of aromatic amines is 2. The molecule has 0 fully saturated rings. The van der Waals surface area contributed by atoms with Crippen LogP contribution in [-0.4, -0.2) is 19.9 Å². The first-order valence-electron chi connectivity index (χ1n) is 10.2. The molecule has 5 aromatic rings. The Balaban J connectivity index is 1.44. The van der Waals surface area contributed by atoms with Crippen molar-refractivity contribution < 1.29 is 0 Å². The Kier molecular flexibility index (Phi) is 3.99. The second-order valence-corrected chi connectivity index (χ2v) is 7.75. The Hall–Kier alpha value is -3.70. The van der Waals surface area contributed by atoms with Gasteiger partial charge in [-0.25, -0.2) is 4.98 Å². The predicted octanol–water partition coefficient (Wildman–Crippen LogP) is 4.93. The maximum Gasteiger partial charge on any atom is 0.124 e. The fourth-order valence-corrected chi connectivity index (χ4v) is 4.51. The van der Waals surface area contributed by atoms with Gasteiger partial charge >= 0.3 is 0 Å². The molecule has 6 rings (SSSR count). The van der Waals surface area contributed by atoms with E-state index >= 15 is 0 Å². The van der Waals surface area contributed by atoms with E-state index in [1.54, 1.807) is 0 Å². The second kappa shape index (κ2) is 6.97. The Morgan fingerprint density at radius 1 is 0.833 bits per heavy atom. The van der Waals surface area contributed by atoms with Gasteiger partial charge in [-0.05, 0) is 41.3 Å². The number of para-hydroxylation sites is 1. The Morgan fingerprint density at radius 2 is 1.63 bits per heavy atom. The summed E-state index contributed by atoms with van der Waals surface area (Å²) < 4.78 is 0. The number of hydrogen-bond donors (Lipinski definition) is 3. The van der Waals surface area contributed by atoms with Crippen LogP contribution in [-0.2, 0) is 6.42 Å². The molecule has 1 aliphatic heterocycles. The van der Waals surface area contributed by atoms with Gasteiger partial charge in [-0.2, -0.15) is 0 Å². The van der Waals surface area contributed by atoms with Crippen molar-refractivity contribution in [1.82, 2.24) is 25.3 Å². The molecule has 1 unspecified atom stereocenters. The van der Waals surface area contributed by atoms with Crippen LogP contribution in [0.25, 0.3) is 22.2 Å². The highest BCUT2D eigenvalue weighted by Gasteiger charge is 2.32. The van der Waals surface area contributed by atoms with Crippen molar-refractivity contribution >= 4 is 10.9 Å². The van der Waals surface area contributed by atoms with Crippen molar-refractivity contribution in [2.75, 3.05) is 0 Å². The highest BCUT2D eigenvalue weighted by atomic mass is 15.1. The number of pyridine rings is 1. The number of imidazole rings is 1. The number of nitrogens with one attached hydrogen (secondary N) is 3. The molecule has 3 aromatic heterocycles. The summed E-state index contributed by atoms with van der Waals surface area (Å²) in [6.07, 6.45) is 6.51. The molecule has 0 saturated heterocycles. The van der Waals surface area contributed by atoms with Gasteiger partial charge < -0.3 is 9.97 Å². The summed E-state index contributed by atoms with van der Waals surface area (Å²) in [6, 6.07) is 23.2. The normalized spacial score (nSPS) is 18.4. The molecule has 30 heavy (non-hydrogen) atoms. The molecular formula is C25H21N5. The molecule has 0 bridgehead atoms. The molecule has 0 amide bonds. The average molecular weight is 391 g/mol. The molecule has 4 heterocycles. The van der Waals surface area contributed by atoms with E-state index in [-0.39, 0.29) is 12.1 Å². The van der Waals surface area contributed by atoms with Crippen molar-refractivity contribution in [1.29, 1.82) is 0 Å². The molecule has 5 heteroatoms. The number of aromatic nitrogens is 4. The van der Waals surface area contributed by atoms with Crippen LogP contribution in [0.4, 0.5) is 0 Å². The lowest BCUT2D eigenvalue weighted by Gasteiger charge is -2.30. The lowest BCUT2D eigenvalue weighted by Crippen LogP contribution is -2.34. The average Bonchev–Trinajstić information content (AvgIpc) is 3.45. The maximum absolute atomic E-state index is 4.74. The zero-order chi connectivity index (χ0) is 19.9. The summed E-state index contributed by atoms with van der Waals surface area (Å²) in [5.41, 5.74) is 7.14. The summed E-state index contributed by atoms with van der Waals surface area (Å²) in [7, 11) is 0. The van der Waals surface area contributed by atoms with Gasteiger partial charge in [-0.1, -0.05) is 48.5 Å². The summed E-state index contributed by atoms with van der Waals surface area (Å²) in [5, 5.41) is 5.10. The van der Waals surface area contributed by atoms with Gasteiger partial charge in [0.2, 0.25) is 0 Å². The Labute approximate surface area is 174 Å². The van der Waals surface area contributed by atoms with Crippen LogP contribution in [0.2, 0.25) is 0 Å². The standard InChI is InChI=1S/C25H21N5/c1-2-6-16(7-3-1)22-15-27-25(30-22)21-14-19-18-8-4-5-9-20(18)28-24(19)23(29-21)17-10-12-26-13-11-17/h1-13,15,21,23,28-29H,14H2,(H,27,30)/t21-,23?/m1/s1. The van der Waals surface area contributed by atoms with Crippen molar-refractivity contribution in [2.24, 2.45) is 0 Å². The van der Waals surface area contributed by atoms with Gasteiger partial charge in [0, 0.05) is 29.0 Å². The van der Waals surface area contributed by atoms with E-state index in [9.17, 15) is 0 Å². The van der Waals surface area contributed by atoms with E-state index in [0.29, 0.717) is 0 Å². The summed E-state index contributed by atoms with van der Waals surface area (Å²) in [6.45, 7) is 0. The molecule has 1 aliphatic rings. The molecule has 0 spiro atoms. The highest BCUT2D eigenvalue weighted by Crippen LogP contribution is 2.38. The first-order valence-corrected chi connectivity index (χ1v) is 10.2. The van der Waals surface area contributed by atoms with Crippen LogP contribution < -0.4 is 5.32 Å². The van der Waals surface area contributed by atoms with Gasteiger partial charge in [0.05, 0.1) is 24.0 Å². The minimum atomic E-state index is 0.0550. The minimum Gasteiger partial charge on any atom is -0.357 e. The largest absolute Gasteiger partial charge is 0.357 e. The third-order valence-corrected chi connectivity index (χ3v) is 5.96. The molecule has 5 nitrogen and oxygen atoms in total.